The van der Waals surface area contributed by atoms with E-state index in [4.69, 9.17) is 0 Å². The Morgan fingerprint density at radius 1 is 1.24 bits per heavy atom. The van der Waals surface area contributed by atoms with E-state index >= 15 is 0 Å². The van der Waals surface area contributed by atoms with E-state index in [1.807, 2.05) is 6.20 Å². The second-order valence-corrected chi connectivity index (χ2v) is 6.89. The van der Waals surface area contributed by atoms with Gasteiger partial charge in [0.2, 0.25) is 0 Å². The first-order chi connectivity index (χ1) is 10.1. The average molecular weight is 289 g/mol. The van der Waals surface area contributed by atoms with E-state index in [0.29, 0.717) is 5.92 Å². The molecule has 1 aromatic heterocycles. The summed E-state index contributed by atoms with van der Waals surface area (Å²) in [5, 5.41) is 3.46. The molecule has 3 heteroatoms. The number of nitrogens with one attached hydrogen (secondary N) is 1. The molecule has 1 N–H and O–H groups in total. The Kier molecular flexibility index (Phi) is 6.65. The molecule has 0 amide bonds. The lowest BCUT2D eigenvalue weighted by atomic mass is 9.94. The Morgan fingerprint density at radius 3 is 2.62 bits per heavy atom. The predicted molar refractivity (Wildman–Crippen MR) is 89.1 cm³/mol. The second kappa shape index (κ2) is 8.50. The highest BCUT2D eigenvalue weighted by Crippen LogP contribution is 2.22. The molecule has 0 aromatic carbocycles. The van der Waals surface area contributed by atoms with Gasteiger partial charge in [-0.05, 0) is 44.0 Å². The van der Waals surface area contributed by atoms with Gasteiger partial charge in [-0.25, -0.2) is 0 Å². The molecule has 118 valence electrons. The summed E-state index contributed by atoms with van der Waals surface area (Å²) < 4.78 is 0. The molecule has 1 fully saturated rings. The zero-order valence-electron chi connectivity index (χ0n) is 13.9. The van der Waals surface area contributed by atoms with Gasteiger partial charge in [0, 0.05) is 25.3 Å². The Bertz CT molecular complexity index is 393. The van der Waals surface area contributed by atoms with Crippen LogP contribution in [0.5, 0.6) is 0 Å². The molecular weight excluding hydrogens is 258 g/mol. The Labute approximate surface area is 130 Å². The van der Waals surface area contributed by atoms with E-state index in [2.05, 4.69) is 48.2 Å². The van der Waals surface area contributed by atoms with Crippen molar-refractivity contribution in [2.24, 2.45) is 5.92 Å². The molecule has 1 heterocycles. The van der Waals surface area contributed by atoms with Gasteiger partial charge in [-0.2, -0.15) is 0 Å². The minimum Gasteiger partial charge on any atom is -0.312 e. The normalized spacial score (nSPS) is 16.8. The van der Waals surface area contributed by atoms with Crippen LogP contribution in [0.4, 0.5) is 0 Å². The number of aromatic nitrogens is 1. The van der Waals surface area contributed by atoms with Gasteiger partial charge >= 0.3 is 0 Å². The van der Waals surface area contributed by atoms with E-state index in [9.17, 15) is 0 Å². The first kappa shape index (κ1) is 16.4. The molecule has 2 rings (SSSR count). The SMILES string of the molecule is CC(C)CNCc1ccc(CN(C)C2CCCCC2)nc1. The van der Waals surface area contributed by atoms with E-state index in [0.717, 1.165) is 25.7 Å². The topological polar surface area (TPSA) is 28.2 Å². The van der Waals surface area contributed by atoms with Crippen molar-refractivity contribution >= 4 is 0 Å². The van der Waals surface area contributed by atoms with Crippen LogP contribution in [0.1, 0.15) is 57.2 Å². The van der Waals surface area contributed by atoms with Gasteiger partial charge in [0.25, 0.3) is 0 Å². The predicted octanol–water partition coefficient (Wildman–Crippen LogP) is 3.59. The first-order valence-corrected chi connectivity index (χ1v) is 8.50. The molecule has 0 saturated heterocycles. The van der Waals surface area contributed by atoms with Gasteiger partial charge in [0.15, 0.2) is 0 Å². The molecule has 1 aliphatic rings. The van der Waals surface area contributed by atoms with Crippen LogP contribution in [-0.4, -0.2) is 29.5 Å². The van der Waals surface area contributed by atoms with Crippen LogP contribution in [0.2, 0.25) is 0 Å². The molecule has 1 aliphatic carbocycles. The van der Waals surface area contributed by atoms with E-state index in [-0.39, 0.29) is 0 Å². The van der Waals surface area contributed by atoms with Crippen molar-refractivity contribution in [2.45, 2.75) is 65.1 Å². The minimum absolute atomic E-state index is 0.696. The molecule has 1 saturated carbocycles. The lowest BCUT2D eigenvalue weighted by molar-refractivity contribution is 0.183. The highest BCUT2D eigenvalue weighted by Gasteiger charge is 2.18. The third-order valence-electron chi connectivity index (χ3n) is 4.38. The summed E-state index contributed by atoms with van der Waals surface area (Å²) in [6, 6.07) is 5.16. The number of hydrogen-bond donors (Lipinski definition) is 1. The van der Waals surface area contributed by atoms with Crippen molar-refractivity contribution in [3.05, 3.63) is 29.6 Å². The molecule has 3 nitrogen and oxygen atoms in total. The van der Waals surface area contributed by atoms with Gasteiger partial charge in [-0.3, -0.25) is 9.88 Å². The van der Waals surface area contributed by atoms with Gasteiger partial charge in [-0.15, -0.1) is 0 Å². The van der Waals surface area contributed by atoms with Crippen LogP contribution in [0.25, 0.3) is 0 Å². The fourth-order valence-corrected chi connectivity index (χ4v) is 3.06. The number of hydrogen-bond acceptors (Lipinski definition) is 3. The molecule has 0 radical (unpaired) electrons. The van der Waals surface area contributed by atoms with Crippen LogP contribution in [0, 0.1) is 5.92 Å². The van der Waals surface area contributed by atoms with Gasteiger partial charge in [0.1, 0.15) is 0 Å². The lowest BCUT2D eigenvalue weighted by Crippen LogP contribution is -2.33. The standard InChI is InChI=1S/C18H31N3/c1-15(2)11-19-12-16-9-10-17(20-13-16)14-21(3)18-7-5-4-6-8-18/h9-10,13,15,18-19H,4-8,11-12,14H2,1-3H3. The zero-order chi connectivity index (χ0) is 15.1. The summed E-state index contributed by atoms with van der Waals surface area (Å²) in [7, 11) is 2.25. The number of nitrogens with zero attached hydrogens (tertiary/aromatic N) is 2. The number of rotatable bonds is 7. The summed E-state index contributed by atoms with van der Waals surface area (Å²) in [6.07, 6.45) is 8.94. The van der Waals surface area contributed by atoms with Gasteiger partial charge in [0.05, 0.1) is 5.69 Å². The quantitative estimate of drug-likeness (QED) is 0.831. The van der Waals surface area contributed by atoms with E-state index in [1.165, 1.54) is 43.4 Å². The molecule has 0 unspecified atom stereocenters. The van der Waals surface area contributed by atoms with Crippen LogP contribution >= 0.6 is 0 Å². The maximum absolute atomic E-state index is 4.63. The van der Waals surface area contributed by atoms with E-state index in [1.54, 1.807) is 0 Å². The number of pyridine rings is 1. The van der Waals surface area contributed by atoms with Crippen LogP contribution in [0.15, 0.2) is 18.3 Å². The average Bonchev–Trinajstić information content (AvgIpc) is 2.49. The molecule has 21 heavy (non-hydrogen) atoms. The molecule has 0 aliphatic heterocycles. The van der Waals surface area contributed by atoms with Crippen molar-refractivity contribution in [1.82, 2.24) is 15.2 Å². The van der Waals surface area contributed by atoms with Gasteiger partial charge in [-0.1, -0.05) is 39.2 Å². The summed E-state index contributed by atoms with van der Waals surface area (Å²) in [4.78, 5) is 7.11. The fraction of sp³-hybridized carbons (Fsp3) is 0.722. The highest BCUT2D eigenvalue weighted by atomic mass is 15.1. The summed E-state index contributed by atoms with van der Waals surface area (Å²) in [5.74, 6) is 0.696. The Hall–Kier alpha value is -0.930. The lowest BCUT2D eigenvalue weighted by Gasteiger charge is -2.30. The largest absolute Gasteiger partial charge is 0.312 e. The van der Waals surface area contributed by atoms with Crippen LogP contribution in [-0.2, 0) is 13.1 Å². The molecule has 0 bridgehead atoms. The first-order valence-electron chi connectivity index (χ1n) is 8.50. The smallest absolute Gasteiger partial charge is 0.0544 e. The van der Waals surface area contributed by atoms with E-state index < -0.39 is 0 Å². The summed E-state index contributed by atoms with van der Waals surface area (Å²) >= 11 is 0. The monoisotopic (exact) mass is 289 g/mol. The van der Waals surface area contributed by atoms with Crippen LogP contribution in [0.3, 0.4) is 0 Å². The third-order valence-corrected chi connectivity index (χ3v) is 4.38. The molecule has 0 atom stereocenters. The molecular formula is C18H31N3. The highest BCUT2D eigenvalue weighted by molar-refractivity contribution is 5.14. The Balaban J connectivity index is 1.78. The minimum atomic E-state index is 0.696. The fourth-order valence-electron chi connectivity index (χ4n) is 3.06. The second-order valence-electron chi connectivity index (χ2n) is 6.89. The van der Waals surface area contributed by atoms with Crippen molar-refractivity contribution < 1.29 is 0 Å². The van der Waals surface area contributed by atoms with Crippen molar-refractivity contribution in [3.63, 3.8) is 0 Å². The summed E-state index contributed by atoms with van der Waals surface area (Å²) in [6.45, 7) is 7.42. The van der Waals surface area contributed by atoms with Crippen molar-refractivity contribution in [1.29, 1.82) is 0 Å². The van der Waals surface area contributed by atoms with Crippen molar-refractivity contribution in [2.75, 3.05) is 13.6 Å². The Morgan fingerprint density at radius 2 is 2.00 bits per heavy atom. The van der Waals surface area contributed by atoms with Crippen molar-refractivity contribution in [3.8, 4) is 0 Å². The zero-order valence-corrected chi connectivity index (χ0v) is 13.9. The van der Waals surface area contributed by atoms with Crippen LogP contribution < -0.4 is 5.32 Å². The molecule has 1 aromatic rings. The maximum Gasteiger partial charge on any atom is 0.0544 e. The van der Waals surface area contributed by atoms with Gasteiger partial charge < -0.3 is 5.32 Å². The summed E-state index contributed by atoms with van der Waals surface area (Å²) in [5.41, 5.74) is 2.47. The molecule has 0 spiro atoms. The third kappa shape index (κ3) is 5.76. The maximum atomic E-state index is 4.63.